The van der Waals surface area contributed by atoms with Gasteiger partial charge in [-0.3, -0.25) is 4.98 Å². The van der Waals surface area contributed by atoms with Crippen molar-refractivity contribution in [1.82, 2.24) is 4.98 Å². The average Bonchev–Trinajstić information content (AvgIpc) is 2.70. The molecule has 4 rings (SSSR count). The molecule has 0 spiro atoms. The van der Waals surface area contributed by atoms with Crippen molar-refractivity contribution in [3.63, 3.8) is 0 Å². The summed E-state index contributed by atoms with van der Waals surface area (Å²) in [6.07, 6.45) is 2.03. The van der Waals surface area contributed by atoms with Crippen molar-refractivity contribution in [3.05, 3.63) is 84.2 Å². The number of aromatic nitrogens is 1. The summed E-state index contributed by atoms with van der Waals surface area (Å²) in [6, 6.07) is 19.0. The topological polar surface area (TPSA) is 60.8 Å². The lowest BCUT2D eigenvalue weighted by atomic mass is 10.0. The van der Waals surface area contributed by atoms with Crippen LogP contribution in [0.5, 0.6) is 17.2 Å². The lowest BCUT2D eigenvalue weighted by molar-refractivity contribution is -0.0105. The normalized spacial score (nSPS) is 18.5. The molecule has 0 aliphatic carbocycles. The van der Waals surface area contributed by atoms with Gasteiger partial charge in [0.1, 0.15) is 36.6 Å². The third-order valence-electron chi connectivity index (χ3n) is 4.23. The minimum absolute atomic E-state index is 0.255. The zero-order valence-electron chi connectivity index (χ0n) is 14.1. The van der Waals surface area contributed by atoms with Crippen LogP contribution >= 0.6 is 0 Å². The van der Waals surface area contributed by atoms with Gasteiger partial charge in [0.2, 0.25) is 0 Å². The molecule has 2 unspecified atom stereocenters. The summed E-state index contributed by atoms with van der Waals surface area (Å²) in [5.41, 5.74) is 1.79. The first kappa shape index (κ1) is 16.4. The lowest BCUT2D eigenvalue weighted by Crippen LogP contribution is -2.35. The highest BCUT2D eigenvalue weighted by molar-refractivity contribution is 5.44. The van der Waals surface area contributed by atoms with E-state index in [1.54, 1.807) is 24.5 Å². The first-order valence-electron chi connectivity index (χ1n) is 8.48. The number of ether oxygens (including phenoxy) is 3. The van der Waals surface area contributed by atoms with Gasteiger partial charge >= 0.3 is 0 Å². The van der Waals surface area contributed by atoms with Crippen molar-refractivity contribution in [1.29, 1.82) is 0 Å². The van der Waals surface area contributed by atoms with Crippen LogP contribution in [0, 0.1) is 0 Å². The maximum absolute atomic E-state index is 10.6. The fourth-order valence-electron chi connectivity index (χ4n) is 2.87. The van der Waals surface area contributed by atoms with Gasteiger partial charge in [0.15, 0.2) is 6.10 Å². The highest BCUT2D eigenvalue weighted by Gasteiger charge is 2.31. The van der Waals surface area contributed by atoms with Crippen LogP contribution in [0.4, 0.5) is 0 Å². The van der Waals surface area contributed by atoms with Crippen LogP contribution in [0.2, 0.25) is 0 Å². The van der Waals surface area contributed by atoms with E-state index in [0.29, 0.717) is 29.4 Å². The van der Waals surface area contributed by atoms with Crippen LogP contribution in [-0.4, -0.2) is 22.8 Å². The first-order chi connectivity index (χ1) is 12.8. The zero-order valence-corrected chi connectivity index (χ0v) is 14.1. The van der Waals surface area contributed by atoms with E-state index in [9.17, 15) is 5.11 Å². The van der Waals surface area contributed by atoms with Crippen LogP contribution in [-0.2, 0) is 6.61 Å². The number of benzene rings is 2. The number of nitrogens with zero attached hydrogens (tertiary/aromatic N) is 1. The average molecular weight is 349 g/mol. The summed E-state index contributed by atoms with van der Waals surface area (Å²) in [5.74, 6) is 1.92. The summed E-state index contributed by atoms with van der Waals surface area (Å²) >= 11 is 0. The van der Waals surface area contributed by atoms with Crippen molar-refractivity contribution < 1.29 is 19.3 Å². The van der Waals surface area contributed by atoms with Gasteiger partial charge in [-0.2, -0.15) is 0 Å². The highest BCUT2D eigenvalue weighted by Crippen LogP contribution is 2.36. The van der Waals surface area contributed by atoms with E-state index < -0.39 is 12.2 Å². The molecule has 0 radical (unpaired) electrons. The zero-order chi connectivity index (χ0) is 17.8. The monoisotopic (exact) mass is 349 g/mol. The Labute approximate surface area is 151 Å². The Hall–Kier alpha value is -3.05. The molecule has 0 saturated carbocycles. The molecule has 0 amide bonds. The number of aliphatic hydroxyl groups excluding tert-OH is 1. The Morgan fingerprint density at radius 3 is 2.73 bits per heavy atom. The first-order valence-corrected chi connectivity index (χ1v) is 8.48. The van der Waals surface area contributed by atoms with Crippen molar-refractivity contribution in [2.45, 2.75) is 18.8 Å². The molecule has 0 bridgehead atoms. The largest absolute Gasteiger partial charge is 0.489 e. The van der Waals surface area contributed by atoms with Crippen LogP contribution < -0.4 is 14.2 Å². The molecule has 1 aromatic heterocycles. The van der Waals surface area contributed by atoms with Gasteiger partial charge in [0.25, 0.3) is 0 Å². The molecular weight excluding hydrogens is 330 g/mol. The lowest BCUT2D eigenvalue weighted by Gasteiger charge is -2.30. The summed E-state index contributed by atoms with van der Waals surface area (Å²) in [7, 11) is 0. The molecule has 132 valence electrons. The summed E-state index contributed by atoms with van der Waals surface area (Å²) in [5, 5.41) is 10.6. The highest BCUT2D eigenvalue weighted by atomic mass is 16.5. The molecule has 0 fully saturated rings. The second-order valence-corrected chi connectivity index (χ2v) is 6.07. The molecule has 3 aromatic rings. The van der Waals surface area contributed by atoms with E-state index in [4.69, 9.17) is 14.2 Å². The number of hydrogen-bond donors (Lipinski definition) is 1. The fraction of sp³-hybridized carbons (Fsp3) is 0.190. The van der Waals surface area contributed by atoms with Gasteiger partial charge in [-0.15, -0.1) is 0 Å². The predicted octanol–water partition coefficient (Wildman–Crippen LogP) is 3.53. The van der Waals surface area contributed by atoms with Gasteiger partial charge in [-0.25, -0.2) is 0 Å². The molecule has 1 aliphatic rings. The Bertz CT molecular complexity index is 854. The molecule has 5 nitrogen and oxygen atoms in total. The van der Waals surface area contributed by atoms with E-state index in [-0.39, 0.29) is 6.61 Å². The van der Waals surface area contributed by atoms with Gasteiger partial charge in [0.05, 0.1) is 6.20 Å². The van der Waals surface area contributed by atoms with Crippen LogP contribution in [0.15, 0.2) is 73.1 Å². The molecular formula is C21H19NO4. The van der Waals surface area contributed by atoms with Gasteiger partial charge in [-0.1, -0.05) is 30.3 Å². The molecule has 0 saturated heterocycles. The number of fused-ring (bicyclic) bond motifs is 1. The Morgan fingerprint density at radius 2 is 1.92 bits per heavy atom. The van der Waals surface area contributed by atoms with Crippen molar-refractivity contribution >= 4 is 0 Å². The molecule has 1 N–H and O–H groups in total. The number of hydrogen-bond acceptors (Lipinski definition) is 5. The number of rotatable bonds is 5. The maximum Gasteiger partial charge on any atom is 0.163 e. The van der Waals surface area contributed by atoms with Gasteiger partial charge in [0, 0.05) is 17.8 Å². The summed E-state index contributed by atoms with van der Waals surface area (Å²) in [4.78, 5) is 4.01. The van der Waals surface area contributed by atoms with E-state index in [1.807, 2.05) is 48.5 Å². The minimum Gasteiger partial charge on any atom is -0.489 e. The van der Waals surface area contributed by atoms with E-state index in [0.717, 1.165) is 5.56 Å². The number of aliphatic hydroxyl groups is 1. The van der Waals surface area contributed by atoms with Crippen molar-refractivity contribution in [3.8, 4) is 17.2 Å². The molecule has 2 aromatic carbocycles. The molecule has 26 heavy (non-hydrogen) atoms. The van der Waals surface area contributed by atoms with E-state index in [2.05, 4.69) is 4.98 Å². The van der Waals surface area contributed by atoms with Crippen LogP contribution in [0.1, 0.15) is 17.2 Å². The van der Waals surface area contributed by atoms with Crippen molar-refractivity contribution in [2.24, 2.45) is 0 Å². The second kappa shape index (κ2) is 7.45. The Kier molecular flexibility index (Phi) is 4.71. The number of pyridine rings is 1. The standard InChI is InChI=1S/C21H19NO4/c23-21-18-9-8-16(24-13-15-5-2-1-3-6-15)11-19(18)25-14-20(21)26-17-7-4-10-22-12-17/h1-12,20-21,23H,13-14H2. The van der Waals surface area contributed by atoms with Crippen molar-refractivity contribution in [2.75, 3.05) is 6.61 Å². The summed E-state index contributed by atoms with van der Waals surface area (Å²) < 4.78 is 17.4. The van der Waals surface area contributed by atoms with Crippen LogP contribution in [0.3, 0.4) is 0 Å². The Morgan fingerprint density at radius 1 is 1.04 bits per heavy atom. The van der Waals surface area contributed by atoms with Gasteiger partial charge in [-0.05, 0) is 29.8 Å². The fourth-order valence-corrected chi connectivity index (χ4v) is 2.87. The van der Waals surface area contributed by atoms with Crippen LogP contribution in [0.25, 0.3) is 0 Å². The molecule has 2 atom stereocenters. The van der Waals surface area contributed by atoms with Gasteiger partial charge < -0.3 is 19.3 Å². The molecule has 5 heteroatoms. The van der Waals surface area contributed by atoms with E-state index in [1.165, 1.54) is 0 Å². The quantitative estimate of drug-likeness (QED) is 0.763. The third-order valence-corrected chi connectivity index (χ3v) is 4.23. The summed E-state index contributed by atoms with van der Waals surface area (Å²) in [6.45, 7) is 0.736. The SMILES string of the molecule is OC1c2ccc(OCc3ccccc3)cc2OCC1Oc1cccnc1. The second-order valence-electron chi connectivity index (χ2n) is 6.07. The smallest absolute Gasteiger partial charge is 0.163 e. The Balaban J connectivity index is 1.44. The molecule has 2 heterocycles. The molecule has 1 aliphatic heterocycles. The van der Waals surface area contributed by atoms with E-state index >= 15 is 0 Å². The maximum atomic E-state index is 10.6. The third kappa shape index (κ3) is 3.63. The predicted molar refractivity (Wildman–Crippen MR) is 96.3 cm³/mol. The minimum atomic E-state index is -0.776.